The van der Waals surface area contributed by atoms with Gasteiger partial charge in [-0.1, -0.05) is 32.0 Å². The Bertz CT molecular complexity index is 878. The fourth-order valence-electron chi connectivity index (χ4n) is 2.92. The molecule has 0 heterocycles. The zero-order valence-electron chi connectivity index (χ0n) is 16.2. The number of ether oxygens (including phenoxy) is 1. The number of carbonyl (C=O) groups is 1. The van der Waals surface area contributed by atoms with Crippen LogP contribution in [0.25, 0.3) is 0 Å². The summed E-state index contributed by atoms with van der Waals surface area (Å²) in [5.74, 6) is 0.0324. The van der Waals surface area contributed by atoms with E-state index in [2.05, 4.69) is 0 Å². The number of methoxy groups -OCH3 is 1. The molecule has 0 saturated heterocycles. The van der Waals surface area contributed by atoms with E-state index in [1.165, 1.54) is 29.6 Å². The van der Waals surface area contributed by atoms with E-state index in [1.54, 1.807) is 18.7 Å². The molecule has 0 aliphatic heterocycles. The van der Waals surface area contributed by atoms with E-state index in [0.717, 1.165) is 5.69 Å². The molecule has 0 aliphatic carbocycles. The van der Waals surface area contributed by atoms with Crippen LogP contribution >= 0.6 is 0 Å². The highest BCUT2D eigenvalue weighted by Gasteiger charge is 2.26. The predicted molar refractivity (Wildman–Crippen MR) is 107 cm³/mol. The average Bonchev–Trinajstić information content (AvgIpc) is 2.69. The number of sulfonamides is 1. The molecule has 2 aromatic rings. The largest absolute Gasteiger partial charge is 0.496 e. The molecule has 0 fully saturated rings. The Hall–Kier alpha value is -2.38. The number of nitrogens with zero attached hydrogens (tertiary/aromatic N) is 2. The van der Waals surface area contributed by atoms with Gasteiger partial charge in [0.1, 0.15) is 5.75 Å². The van der Waals surface area contributed by atoms with Crippen LogP contribution in [0.4, 0.5) is 5.69 Å². The second-order valence-electron chi connectivity index (χ2n) is 5.84. The van der Waals surface area contributed by atoms with Crippen LogP contribution < -0.4 is 9.64 Å². The van der Waals surface area contributed by atoms with Crippen molar-refractivity contribution in [1.82, 2.24) is 4.31 Å². The number of rotatable bonds is 8. The van der Waals surface area contributed by atoms with Crippen molar-refractivity contribution in [2.75, 3.05) is 31.6 Å². The number of hydrogen-bond acceptors (Lipinski definition) is 4. The van der Waals surface area contributed by atoms with Crippen LogP contribution in [0.2, 0.25) is 0 Å². The summed E-state index contributed by atoms with van der Waals surface area (Å²) >= 11 is 0. The first-order valence-electron chi connectivity index (χ1n) is 8.95. The zero-order chi connectivity index (χ0) is 20.0. The molecule has 2 aromatic carbocycles. The molecule has 2 rings (SSSR count). The minimum absolute atomic E-state index is 0.0828. The number of benzene rings is 2. The second kappa shape index (κ2) is 9.01. The molecule has 0 N–H and O–H groups in total. The van der Waals surface area contributed by atoms with Crippen molar-refractivity contribution in [1.29, 1.82) is 0 Å². The molecular formula is C20H26N2O4S. The first-order valence-corrected chi connectivity index (χ1v) is 10.4. The van der Waals surface area contributed by atoms with Crippen molar-refractivity contribution >= 4 is 21.6 Å². The monoisotopic (exact) mass is 390 g/mol. The van der Waals surface area contributed by atoms with Gasteiger partial charge in [0.15, 0.2) is 0 Å². The molecule has 0 spiro atoms. The Kier molecular flexibility index (Phi) is 6.98. The van der Waals surface area contributed by atoms with Crippen molar-refractivity contribution in [2.45, 2.75) is 25.7 Å². The van der Waals surface area contributed by atoms with Crippen LogP contribution in [0.5, 0.6) is 5.75 Å². The Morgan fingerprint density at radius 2 is 1.59 bits per heavy atom. The van der Waals surface area contributed by atoms with Gasteiger partial charge in [0.05, 0.1) is 17.6 Å². The predicted octanol–water partition coefficient (Wildman–Crippen LogP) is 3.39. The number of anilines is 1. The minimum Gasteiger partial charge on any atom is -0.496 e. The fraction of sp³-hybridized carbons (Fsp3) is 0.350. The van der Waals surface area contributed by atoms with Gasteiger partial charge in [-0.15, -0.1) is 0 Å². The second-order valence-corrected chi connectivity index (χ2v) is 7.77. The van der Waals surface area contributed by atoms with E-state index < -0.39 is 10.0 Å². The summed E-state index contributed by atoms with van der Waals surface area (Å²) < 4.78 is 32.4. The summed E-state index contributed by atoms with van der Waals surface area (Å²) in [4.78, 5) is 14.9. The minimum atomic E-state index is -3.67. The van der Waals surface area contributed by atoms with Crippen LogP contribution in [0.15, 0.2) is 53.4 Å². The van der Waals surface area contributed by atoms with Gasteiger partial charge in [-0.2, -0.15) is 4.31 Å². The van der Waals surface area contributed by atoms with Gasteiger partial charge in [0.2, 0.25) is 10.0 Å². The lowest BCUT2D eigenvalue weighted by Gasteiger charge is -2.23. The molecule has 0 unspecified atom stereocenters. The van der Waals surface area contributed by atoms with Crippen LogP contribution in [-0.4, -0.2) is 45.4 Å². The van der Waals surface area contributed by atoms with Gasteiger partial charge >= 0.3 is 0 Å². The molecular weight excluding hydrogens is 364 g/mol. The molecule has 0 aromatic heterocycles. The molecule has 0 atom stereocenters. The molecule has 6 nitrogen and oxygen atoms in total. The van der Waals surface area contributed by atoms with Gasteiger partial charge < -0.3 is 9.64 Å². The number of hydrogen-bond donors (Lipinski definition) is 0. The van der Waals surface area contributed by atoms with Crippen LogP contribution in [0, 0.1) is 0 Å². The van der Waals surface area contributed by atoms with Gasteiger partial charge in [-0.25, -0.2) is 8.42 Å². The van der Waals surface area contributed by atoms with E-state index in [0.29, 0.717) is 25.4 Å². The molecule has 0 saturated carbocycles. The summed E-state index contributed by atoms with van der Waals surface area (Å²) in [6.45, 7) is 6.60. The number of carbonyl (C=O) groups excluding carboxylic acids is 1. The third-order valence-corrected chi connectivity index (χ3v) is 6.42. The highest BCUT2D eigenvalue weighted by molar-refractivity contribution is 7.89. The Morgan fingerprint density at radius 3 is 2.11 bits per heavy atom. The van der Waals surface area contributed by atoms with Crippen molar-refractivity contribution in [3.05, 3.63) is 54.1 Å². The Labute approximate surface area is 161 Å². The molecule has 0 bridgehead atoms. The lowest BCUT2D eigenvalue weighted by Crippen LogP contribution is -2.32. The zero-order valence-corrected chi connectivity index (χ0v) is 17.0. The Morgan fingerprint density at radius 1 is 0.963 bits per heavy atom. The number of para-hydroxylation sites is 1. The number of amides is 1. The molecule has 0 aliphatic rings. The topological polar surface area (TPSA) is 66.9 Å². The van der Waals surface area contributed by atoms with E-state index in [9.17, 15) is 13.2 Å². The quantitative estimate of drug-likeness (QED) is 0.693. The van der Waals surface area contributed by atoms with Gasteiger partial charge in [-0.3, -0.25) is 4.79 Å². The third kappa shape index (κ3) is 4.31. The highest BCUT2D eigenvalue weighted by Crippen LogP contribution is 2.27. The Balaban J connectivity index is 2.53. The SMILES string of the molecule is CCN(C(=O)c1cc(S(=O)(=O)N(CC)CC)ccc1OC)c1ccccc1. The normalized spacial score (nSPS) is 11.4. The molecule has 1 amide bonds. The maximum Gasteiger partial charge on any atom is 0.262 e. The smallest absolute Gasteiger partial charge is 0.262 e. The lowest BCUT2D eigenvalue weighted by molar-refractivity contribution is 0.0985. The van der Waals surface area contributed by atoms with Crippen molar-refractivity contribution in [3.8, 4) is 5.75 Å². The average molecular weight is 391 g/mol. The van der Waals surface area contributed by atoms with Gasteiger partial charge in [-0.05, 0) is 37.3 Å². The summed E-state index contributed by atoms with van der Waals surface area (Å²) in [5.41, 5.74) is 0.959. The van der Waals surface area contributed by atoms with Crippen molar-refractivity contribution < 1.29 is 17.9 Å². The van der Waals surface area contributed by atoms with Gasteiger partial charge in [0, 0.05) is 25.3 Å². The lowest BCUT2D eigenvalue weighted by atomic mass is 10.1. The summed E-state index contributed by atoms with van der Waals surface area (Å²) in [5, 5.41) is 0. The standard InChI is InChI=1S/C20H26N2O4S/c1-5-21(6-2)27(24,25)17-13-14-19(26-4)18(15-17)20(23)22(7-3)16-11-9-8-10-12-16/h8-15H,5-7H2,1-4H3. The van der Waals surface area contributed by atoms with Crippen molar-refractivity contribution in [2.24, 2.45) is 0 Å². The highest BCUT2D eigenvalue weighted by atomic mass is 32.2. The van der Waals surface area contributed by atoms with Gasteiger partial charge in [0.25, 0.3) is 5.91 Å². The van der Waals surface area contributed by atoms with Crippen LogP contribution in [0.1, 0.15) is 31.1 Å². The van der Waals surface area contributed by atoms with Crippen LogP contribution in [0.3, 0.4) is 0 Å². The summed E-state index contributed by atoms with van der Waals surface area (Å²) in [6, 6.07) is 13.7. The van der Waals surface area contributed by atoms with Crippen LogP contribution in [-0.2, 0) is 10.0 Å². The third-order valence-electron chi connectivity index (χ3n) is 4.37. The van der Waals surface area contributed by atoms with E-state index in [1.807, 2.05) is 37.3 Å². The van der Waals surface area contributed by atoms with E-state index in [4.69, 9.17) is 4.74 Å². The molecule has 27 heavy (non-hydrogen) atoms. The molecule has 7 heteroatoms. The molecule has 0 radical (unpaired) electrons. The summed E-state index contributed by atoms with van der Waals surface area (Å²) in [7, 11) is -2.21. The van der Waals surface area contributed by atoms with E-state index >= 15 is 0 Å². The first-order chi connectivity index (χ1) is 12.9. The molecule has 146 valence electrons. The van der Waals surface area contributed by atoms with E-state index in [-0.39, 0.29) is 16.4 Å². The van der Waals surface area contributed by atoms with Crippen molar-refractivity contribution in [3.63, 3.8) is 0 Å². The first kappa shape index (κ1) is 20.9. The summed E-state index contributed by atoms with van der Waals surface area (Å²) in [6.07, 6.45) is 0. The maximum atomic E-state index is 13.2. The fourth-order valence-corrected chi connectivity index (χ4v) is 4.41. The maximum absolute atomic E-state index is 13.2.